The van der Waals surface area contributed by atoms with Crippen molar-refractivity contribution in [1.82, 2.24) is 0 Å². The van der Waals surface area contributed by atoms with Crippen LogP contribution < -0.4 is 4.43 Å². The number of carbonyl (C=O) groups excluding carboxylic acids is 1. The number of benzene rings is 3. The van der Waals surface area contributed by atoms with Crippen LogP contribution in [0.3, 0.4) is 0 Å². The van der Waals surface area contributed by atoms with Crippen molar-refractivity contribution in [3.63, 3.8) is 0 Å². The molecule has 0 N–H and O–H groups in total. The number of rotatable bonds is 4. The number of hydrogen-bond donors (Lipinski definition) is 0. The van der Waals surface area contributed by atoms with Crippen molar-refractivity contribution in [2.45, 2.75) is 38.9 Å². The molecule has 3 aromatic rings. The molecule has 0 atom stereocenters. The molecule has 0 fully saturated rings. The minimum absolute atomic E-state index is 0.0289. The lowest BCUT2D eigenvalue weighted by molar-refractivity contribution is 0.105. The van der Waals surface area contributed by atoms with E-state index in [1.807, 2.05) is 78.9 Å². The van der Waals surface area contributed by atoms with E-state index in [9.17, 15) is 4.79 Å². The van der Waals surface area contributed by atoms with Crippen molar-refractivity contribution in [2.24, 2.45) is 0 Å². The van der Waals surface area contributed by atoms with Crippen LogP contribution in [0.1, 0.15) is 36.7 Å². The minimum atomic E-state index is -2.11. The highest BCUT2D eigenvalue weighted by molar-refractivity contribution is 6.74. The van der Waals surface area contributed by atoms with Crippen LogP contribution in [0.15, 0.2) is 78.9 Å². The monoisotopic (exact) mass is 412 g/mol. The van der Waals surface area contributed by atoms with Gasteiger partial charge in [-0.3, -0.25) is 4.79 Å². The second-order valence-electron chi connectivity index (χ2n) is 8.88. The molecular formula is C27H28O2Si. The van der Waals surface area contributed by atoms with Crippen LogP contribution in [-0.2, 0) is 0 Å². The molecule has 0 aliphatic heterocycles. The predicted octanol–water partition coefficient (Wildman–Crippen LogP) is 6.97. The molecule has 0 amide bonds. The van der Waals surface area contributed by atoms with E-state index in [0.29, 0.717) is 11.3 Å². The molecule has 0 aliphatic rings. The van der Waals surface area contributed by atoms with Crippen LogP contribution >= 0.6 is 0 Å². The number of hydrogen-bond acceptors (Lipinski definition) is 2. The highest BCUT2D eigenvalue weighted by atomic mass is 28.4. The van der Waals surface area contributed by atoms with Crippen molar-refractivity contribution in [1.29, 1.82) is 0 Å². The molecule has 0 aromatic heterocycles. The van der Waals surface area contributed by atoms with E-state index in [2.05, 4.69) is 45.7 Å². The Morgan fingerprint density at radius 3 is 2.03 bits per heavy atom. The van der Waals surface area contributed by atoms with E-state index >= 15 is 0 Å². The van der Waals surface area contributed by atoms with E-state index in [0.717, 1.165) is 16.7 Å². The SMILES string of the molecule is CC(C)(C)[Si](C)(C)Oc1ccc(-c2ccccc2)cc1C(=O)C#Cc1ccccc1. The average Bonchev–Trinajstić information content (AvgIpc) is 2.72. The summed E-state index contributed by atoms with van der Waals surface area (Å²) in [5.74, 6) is 6.17. The van der Waals surface area contributed by atoms with Crippen LogP contribution in [0.25, 0.3) is 11.1 Å². The van der Waals surface area contributed by atoms with Gasteiger partial charge < -0.3 is 4.43 Å². The lowest BCUT2D eigenvalue weighted by Gasteiger charge is -2.37. The predicted molar refractivity (Wildman–Crippen MR) is 127 cm³/mol. The molecule has 0 radical (unpaired) electrons. The summed E-state index contributed by atoms with van der Waals surface area (Å²) in [7, 11) is -2.11. The molecule has 0 saturated carbocycles. The topological polar surface area (TPSA) is 26.3 Å². The third-order valence-corrected chi connectivity index (χ3v) is 9.94. The lowest BCUT2D eigenvalue weighted by atomic mass is 10.0. The molecule has 0 heterocycles. The smallest absolute Gasteiger partial charge is 0.250 e. The van der Waals surface area contributed by atoms with Crippen LogP contribution in [0.4, 0.5) is 0 Å². The molecule has 2 nitrogen and oxygen atoms in total. The van der Waals surface area contributed by atoms with E-state index in [-0.39, 0.29) is 10.8 Å². The Balaban J connectivity index is 2.04. The summed E-state index contributed by atoms with van der Waals surface area (Å²) < 4.78 is 6.51. The standard InChI is InChI=1S/C27H28O2Si/c1-27(2,3)30(4,5)29-26-19-17-23(22-14-10-7-11-15-22)20-24(26)25(28)18-16-21-12-8-6-9-13-21/h6-15,17,19-20H,1-5H3. The molecule has 152 valence electrons. The van der Waals surface area contributed by atoms with Crippen molar-refractivity contribution < 1.29 is 9.22 Å². The zero-order valence-corrected chi connectivity index (χ0v) is 19.3. The first-order valence-electron chi connectivity index (χ1n) is 10.2. The molecule has 3 heteroatoms. The minimum Gasteiger partial charge on any atom is -0.543 e. The van der Waals surface area contributed by atoms with Gasteiger partial charge in [-0.1, -0.05) is 81.3 Å². The van der Waals surface area contributed by atoms with Gasteiger partial charge in [-0.15, -0.1) is 0 Å². The largest absolute Gasteiger partial charge is 0.543 e. The Morgan fingerprint density at radius 1 is 0.833 bits per heavy atom. The van der Waals surface area contributed by atoms with E-state index in [1.165, 1.54) is 0 Å². The van der Waals surface area contributed by atoms with Gasteiger partial charge in [-0.05, 0) is 59.4 Å². The maximum atomic E-state index is 13.1. The summed E-state index contributed by atoms with van der Waals surface area (Å²) in [5, 5.41) is 0.0289. The van der Waals surface area contributed by atoms with Crippen LogP contribution in [0.5, 0.6) is 5.75 Å². The zero-order chi connectivity index (χ0) is 21.8. The Hall–Kier alpha value is -3.09. The molecule has 0 spiro atoms. The van der Waals surface area contributed by atoms with Crippen LogP contribution in [-0.4, -0.2) is 14.1 Å². The van der Waals surface area contributed by atoms with E-state index < -0.39 is 8.32 Å². The summed E-state index contributed by atoms with van der Waals surface area (Å²) in [6, 6.07) is 25.4. The average molecular weight is 413 g/mol. The first-order chi connectivity index (χ1) is 14.2. The van der Waals surface area contributed by atoms with Gasteiger partial charge >= 0.3 is 0 Å². The molecule has 0 aliphatic carbocycles. The van der Waals surface area contributed by atoms with Gasteiger partial charge in [0.25, 0.3) is 8.32 Å². The molecular weight excluding hydrogens is 384 g/mol. The molecule has 0 unspecified atom stereocenters. The number of ketones is 1. The van der Waals surface area contributed by atoms with E-state index in [1.54, 1.807) is 0 Å². The molecule has 30 heavy (non-hydrogen) atoms. The third-order valence-electron chi connectivity index (χ3n) is 5.60. The van der Waals surface area contributed by atoms with Gasteiger partial charge in [0, 0.05) is 5.56 Å². The first kappa shape index (κ1) is 21.6. The summed E-state index contributed by atoms with van der Waals surface area (Å²) >= 11 is 0. The quantitative estimate of drug-likeness (QED) is 0.263. The fraction of sp³-hybridized carbons (Fsp3) is 0.222. The van der Waals surface area contributed by atoms with Crippen molar-refractivity contribution in [2.75, 3.05) is 0 Å². The highest BCUT2D eigenvalue weighted by Gasteiger charge is 2.39. The Morgan fingerprint density at radius 2 is 1.43 bits per heavy atom. The zero-order valence-electron chi connectivity index (χ0n) is 18.3. The van der Waals surface area contributed by atoms with Crippen molar-refractivity contribution in [3.8, 4) is 28.7 Å². The Bertz CT molecular complexity index is 1080. The van der Waals surface area contributed by atoms with Crippen molar-refractivity contribution in [3.05, 3.63) is 90.0 Å². The fourth-order valence-corrected chi connectivity index (χ4v) is 3.79. The molecule has 0 saturated heterocycles. The molecule has 3 aromatic carbocycles. The summed E-state index contributed by atoms with van der Waals surface area (Å²) in [6.45, 7) is 10.9. The van der Waals surface area contributed by atoms with Gasteiger partial charge in [0.15, 0.2) is 0 Å². The van der Waals surface area contributed by atoms with E-state index in [4.69, 9.17) is 4.43 Å². The highest BCUT2D eigenvalue weighted by Crippen LogP contribution is 2.39. The molecule has 3 rings (SSSR count). The summed E-state index contributed by atoms with van der Waals surface area (Å²) in [4.78, 5) is 13.1. The van der Waals surface area contributed by atoms with Gasteiger partial charge in [0.2, 0.25) is 5.78 Å². The van der Waals surface area contributed by atoms with Crippen LogP contribution in [0, 0.1) is 11.8 Å². The van der Waals surface area contributed by atoms with Crippen LogP contribution in [0.2, 0.25) is 18.1 Å². The third kappa shape index (κ3) is 5.09. The Kier molecular flexibility index (Phi) is 6.29. The maximum Gasteiger partial charge on any atom is 0.250 e. The van der Waals surface area contributed by atoms with Gasteiger partial charge in [0.05, 0.1) is 5.56 Å². The second kappa shape index (κ2) is 8.73. The summed E-state index contributed by atoms with van der Waals surface area (Å²) in [5.41, 5.74) is 3.37. The van der Waals surface area contributed by atoms with Gasteiger partial charge in [-0.2, -0.15) is 0 Å². The summed E-state index contributed by atoms with van der Waals surface area (Å²) in [6.07, 6.45) is 0. The Labute approximate surface area is 181 Å². The van der Waals surface area contributed by atoms with Gasteiger partial charge in [0.1, 0.15) is 5.75 Å². The molecule has 0 bridgehead atoms. The second-order valence-corrected chi connectivity index (χ2v) is 13.6. The van der Waals surface area contributed by atoms with Gasteiger partial charge in [-0.25, -0.2) is 0 Å². The lowest BCUT2D eigenvalue weighted by Crippen LogP contribution is -2.44. The number of Topliss-reactive ketones (excluding diaryl/α,β-unsaturated/α-hetero) is 1. The first-order valence-corrected chi connectivity index (χ1v) is 13.1. The maximum absolute atomic E-state index is 13.1. The van der Waals surface area contributed by atoms with Crippen molar-refractivity contribution >= 4 is 14.1 Å². The fourth-order valence-electron chi connectivity index (χ4n) is 2.75. The number of carbonyl (C=O) groups is 1. The normalized spacial score (nSPS) is 11.4.